The van der Waals surface area contributed by atoms with Crippen molar-refractivity contribution in [1.82, 2.24) is 5.32 Å². The highest BCUT2D eigenvalue weighted by molar-refractivity contribution is 7.11. The summed E-state index contributed by atoms with van der Waals surface area (Å²) >= 11 is 3.38. The van der Waals surface area contributed by atoms with E-state index in [1.165, 1.54) is 9.75 Å². The lowest BCUT2D eigenvalue weighted by Gasteiger charge is -2.20. The maximum Gasteiger partial charge on any atom is 0.322 e. The highest BCUT2D eigenvalue weighted by Crippen LogP contribution is 2.29. The standard InChI is InChI=1S/C14H17NO2S2/c1-3-17-14(16)10(2)15-13(11-6-4-8-18-11)12-7-5-9-19-12/h4-10,13,15H,3H2,1-2H3. The fraction of sp³-hybridized carbons (Fsp3) is 0.357. The number of carbonyl (C=O) groups is 1. The molecule has 0 amide bonds. The van der Waals surface area contributed by atoms with E-state index in [2.05, 4.69) is 17.4 Å². The minimum Gasteiger partial charge on any atom is -0.465 e. The molecule has 2 aromatic rings. The molecule has 0 radical (unpaired) electrons. The van der Waals surface area contributed by atoms with Crippen LogP contribution in [-0.2, 0) is 9.53 Å². The van der Waals surface area contributed by atoms with Gasteiger partial charge in [0.15, 0.2) is 0 Å². The van der Waals surface area contributed by atoms with Gasteiger partial charge in [-0.2, -0.15) is 0 Å². The van der Waals surface area contributed by atoms with Crippen molar-refractivity contribution in [3.63, 3.8) is 0 Å². The third-order valence-electron chi connectivity index (χ3n) is 2.71. The van der Waals surface area contributed by atoms with Gasteiger partial charge >= 0.3 is 5.97 Å². The lowest BCUT2D eigenvalue weighted by atomic mass is 10.1. The molecule has 2 rings (SSSR count). The molecule has 5 heteroatoms. The Hall–Kier alpha value is -1.17. The van der Waals surface area contributed by atoms with Crippen LogP contribution in [0.4, 0.5) is 0 Å². The molecule has 0 saturated heterocycles. The molecule has 1 N–H and O–H groups in total. The molecule has 1 unspecified atom stereocenters. The average molecular weight is 295 g/mol. The predicted molar refractivity (Wildman–Crippen MR) is 79.7 cm³/mol. The molecule has 0 spiro atoms. The highest BCUT2D eigenvalue weighted by Gasteiger charge is 2.22. The third-order valence-corrected chi connectivity index (χ3v) is 4.59. The van der Waals surface area contributed by atoms with Crippen molar-refractivity contribution in [2.45, 2.75) is 25.9 Å². The first-order valence-corrected chi connectivity index (χ1v) is 7.97. The number of esters is 1. The number of hydrogen-bond donors (Lipinski definition) is 1. The van der Waals surface area contributed by atoms with Gasteiger partial charge in [-0.15, -0.1) is 22.7 Å². The van der Waals surface area contributed by atoms with E-state index in [4.69, 9.17) is 4.74 Å². The van der Waals surface area contributed by atoms with Crippen LogP contribution in [0.3, 0.4) is 0 Å². The molecule has 19 heavy (non-hydrogen) atoms. The van der Waals surface area contributed by atoms with Crippen molar-refractivity contribution < 1.29 is 9.53 Å². The maximum absolute atomic E-state index is 11.7. The maximum atomic E-state index is 11.7. The van der Waals surface area contributed by atoms with Gasteiger partial charge in [-0.25, -0.2) is 0 Å². The normalized spacial score (nSPS) is 12.6. The molecule has 3 nitrogen and oxygen atoms in total. The number of hydrogen-bond acceptors (Lipinski definition) is 5. The summed E-state index contributed by atoms with van der Waals surface area (Å²) in [6.07, 6.45) is 0. The fourth-order valence-corrected chi connectivity index (χ4v) is 3.48. The largest absolute Gasteiger partial charge is 0.465 e. The molecule has 0 aliphatic carbocycles. The second-order valence-electron chi connectivity index (χ2n) is 4.10. The molecule has 0 aliphatic heterocycles. The molecule has 0 aromatic carbocycles. The lowest BCUT2D eigenvalue weighted by molar-refractivity contribution is -0.145. The summed E-state index contributed by atoms with van der Waals surface area (Å²) < 4.78 is 5.04. The third kappa shape index (κ3) is 3.65. The van der Waals surface area contributed by atoms with Gasteiger partial charge in [0.05, 0.1) is 12.6 Å². The van der Waals surface area contributed by atoms with E-state index in [9.17, 15) is 4.79 Å². The Morgan fingerprint density at radius 2 is 1.84 bits per heavy atom. The number of rotatable bonds is 6. The first kappa shape index (κ1) is 14.2. The van der Waals surface area contributed by atoms with Crippen LogP contribution < -0.4 is 5.32 Å². The van der Waals surface area contributed by atoms with Crippen LogP contribution in [0.15, 0.2) is 35.0 Å². The van der Waals surface area contributed by atoms with Gasteiger partial charge in [-0.1, -0.05) is 12.1 Å². The molecular weight excluding hydrogens is 278 g/mol. The van der Waals surface area contributed by atoms with E-state index in [0.717, 1.165) is 0 Å². The molecule has 0 fully saturated rings. The van der Waals surface area contributed by atoms with Crippen molar-refractivity contribution in [2.75, 3.05) is 6.61 Å². The van der Waals surface area contributed by atoms with Gasteiger partial charge in [-0.05, 0) is 36.7 Å². The topological polar surface area (TPSA) is 38.3 Å². The van der Waals surface area contributed by atoms with Crippen molar-refractivity contribution in [3.8, 4) is 0 Å². The molecular formula is C14H17NO2S2. The zero-order chi connectivity index (χ0) is 13.7. The van der Waals surface area contributed by atoms with Crippen LogP contribution in [0.25, 0.3) is 0 Å². The van der Waals surface area contributed by atoms with Crippen molar-refractivity contribution in [2.24, 2.45) is 0 Å². The minimum atomic E-state index is -0.325. The molecule has 1 atom stereocenters. The predicted octanol–water partition coefficient (Wildman–Crippen LogP) is 3.44. The van der Waals surface area contributed by atoms with Crippen molar-refractivity contribution in [3.05, 3.63) is 44.8 Å². The van der Waals surface area contributed by atoms with Crippen LogP contribution >= 0.6 is 22.7 Å². The molecule has 0 aliphatic rings. The second-order valence-corrected chi connectivity index (χ2v) is 6.06. The van der Waals surface area contributed by atoms with Crippen LogP contribution in [0, 0.1) is 0 Å². The Balaban J connectivity index is 2.13. The van der Waals surface area contributed by atoms with Gasteiger partial charge in [0.1, 0.15) is 6.04 Å². The second kappa shape index (κ2) is 6.84. The SMILES string of the molecule is CCOC(=O)C(C)NC(c1cccs1)c1cccs1. The fourth-order valence-electron chi connectivity index (χ4n) is 1.80. The van der Waals surface area contributed by atoms with Crippen molar-refractivity contribution >= 4 is 28.6 Å². The Morgan fingerprint density at radius 3 is 2.26 bits per heavy atom. The number of carbonyl (C=O) groups excluding carboxylic acids is 1. The molecule has 102 valence electrons. The van der Waals surface area contributed by atoms with Gasteiger partial charge in [0, 0.05) is 9.75 Å². The average Bonchev–Trinajstić information content (AvgIpc) is 3.09. The van der Waals surface area contributed by atoms with E-state index in [1.54, 1.807) is 22.7 Å². The zero-order valence-corrected chi connectivity index (χ0v) is 12.6. The van der Waals surface area contributed by atoms with Gasteiger partial charge in [0.2, 0.25) is 0 Å². The Kier molecular flexibility index (Phi) is 5.13. The smallest absolute Gasteiger partial charge is 0.322 e. The van der Waals surface area contributed by atoms with E-state index >= 15 is 0 Å². The quantitative estimate of drug-likeness (QED) is 0.830. The number of ether oxygens (including phenoxy) is 1. The summed E-state index contributed by atoms with van der Waals surface area (Å²) in [4.78, 5) is 14.2. The van der Waals surface area contributed by atoms with Gasteiger partial charge in [-0.3, -0.25) is 10.1 Å². The molecule has 0 bridgehead atoms. The van der Waals surface area contributed by atoms with E-state index in [-0.39, 0.29) is 18.1 Å². The first-order valence-electron chi connectivity index (χ1n) is 6.22. The Morgan fingerprint density at radius 1 is 1.26 bits per heavy atom. The lowest BCUT2D eigenvalue weighted by Crippen LogP contribution is -2.37. The van der Waals surface area contributed by atoms with Crippen LogP contribution in [0.1, 0.15) is 29.6 Å². The van der Waals surface area contributed by atoms with Crippen LogP contribution in [-0.4, -0.2) is 18.6 Å². The first-order chi connectivity index (χ1) is 9.22. The zero-order valence-electron chi connectivity index (χ0n) is 11.0. The van der Waals surface area contributed by atoms with Gasteiger partial charge < -0.3 is 4.74 Å². The van der Waals surface area contributed by atoms with E-state index in [0.29, 0.717) is 6.61 Å². The van der Waals surface area contributed by atoms with E-state index < -0.39 is 0 Å². The van der Waals surface area contributed by atoms with E-state index in [1.807, 2.05) is 36.7 Å². The Labute approximate surface area is 121 Å². The summed E-state index contributed by atoms with van der Waals surface area (Å²) in [6, 6.07) is 7.95. The van der Waals surface area contributed by atoms with Crippen molar-refractivity contribution in [1.29, 1.82) is 0 Å². The van der Waals surface area contributed by atoms with Gasteiger partial charge in [0.25, 0.3) is 0 Å². The Bertz CT molecular complexity index is 459. The summed E-state index contributed by atoms with van der Waals surface area (Å²) in [5.74, 6) is -0.208. The molecule has 0 saturated carbocycles. The highest BCUT2D eigenvalue weighted by atomic mass is 32.1. The summed E-state index contributed by atoms with van der Waals surface area (Å²) in [7, 11) is 0. The summed E-state index contributed by atoms with van der Waals surface area (Å²) in [5.41, 5.74) is 0. The number of nitrogens with one attached hydrogen (secondary N) is 1. The summed E-state index contributed by atoms with van der Waals surface area (Å²) in [5, 5.41) is 7.45. The minimum absolute atomic E-state index is 0.0550. The van der Waals surface area contributed by atoms with Crippen LogP contribution in [0.2, 0.25) is 0 Å². The van der Waals surface area contributed by atoms with Crippen LogP contribution in [0.5, 0.6) is 0 Å². The number of thiophene rings is 2. The molecule has 2 aromatic heterocycles. The monoisotopic (exact) mass is 295 g/mol. The summed E-state index contributed by atoms with van der Waals surface area (Å²) in [6.45, 7) is 4.07. The molecule has 2 heterocycles.